The van der Waals surface area contributed by atoms with Crippen molar-refractivity contribution in [1.82, 2.24) is 15.5 Å². The van der Waals surface area contributed by atoms with E-state index in [2.05, 4.69) is 10.6 Å². The van der Waals surface area contributed by atoms with Gasteiger partial charge in [-0.15, -0.1) is 0 Å². The van der Waals surface area contributed by atoms with Crippen LogP contribution in [0, 0.1) is 0 Å². The van der Waals surface area contributed by atoms with Crippen LogP contribution in [0.4, 0.5) is 4.79 Å². The third-order valence-electron chi connectivity index (χ3n) is 3.37. The van der Waals surface area contributed by atoms with E-state index < -0.39 is 5.97 Å². The Balaban J connectivity index is 2.08. The summed E-state index contributed by atoms with van der Waals surface area (Å²) in [6.07, 6.45) is 0. The van der Waals surface area contributed by atoms with Crippen LogP contribution >= 0.6 is 11.6 Å². The van der Waals surface area contributed by atoms with Crippen LogP contribution in [0.15, 0.2) is 35.5 Å². The normalized spacial score (nSPS) is 14.5. The van der Waals surface area contributed by atoms with Crippen molar-refractivity contribution in [3.05, 3.63) is 46.1 Å². The van der Waals surface area contributed by atoms with Crippen molar-refractivity contribution in [1.29, 1.82) is 0 Å². The number of halogens is 1. The highest BCUT2D eigenvalue weighted by Gasteiger charge is 2.24. The highest BCUT2D eigenvalue weighted by molar-refractivity contribution is 6.30. The van der Waals surface area contributed by atoms with Gasteiger partial charge in [0.2, 0.25) is 0 Å². The number of nitrogens with zero attached hydrogens (tertiary/aromatic N) is 1. The predicted molar refractivity (Wildman–Crippen MR) is 88.0 cm³/mol. The topological polar surface area (TPSA) is 70.7 Å². The number of esters is 1. The maximum atomic E-state index is 12.0. The fraction of sp³-hybridized carbons (Fsp3) is 0.375. The van der Waals surface area contributed by atoms with Gasteiger partial charge in [-0.05, 0) is 31.7 Å². The van der Waals surface area contributed by atoms with Gasteiger partial charge in [0.15, 0.2) is 0 Å². The molecule has 23 heavy (non-hydrogen) atoms. The van der Waals surface area contributed by atoms with Gasteiger partial charge in [0, 0.05) is 23.8 Å². The number of rotatable bonds is 6. The lowest BCUT2D eigenvalue weighted by Crippen LogP contribution is -2.46. The molecule has 1 aliphatic heterocycles. The van der Waals surface area contributed by atoms with E-state index in [1.165, 1.54) is 0 Å². The van der Waals surface area contributed by atoms with E-state index in [9.17, 15) is 9.59 Å². The third kappa shape index (κ3) is 4.97. The lowest BCUT2D eigenvalue weighted by atomic mass is 10.1. The molecule has 124 valence electrons. The first-order chi connectivity index (χ1) is 11.0. The van der Waals surface area contributed by atoms with Crippen LogP contribution in [0.3, 0.4) is 0 Å². The zero-order valence-electron chi connectivity index (χ0n) is 13.2. The highest BCUT2D eigenvalue weighted by Crippen LogP contribution is 2.13. The molecule has 0 atom stereocenters. The van der Waals surface area contributed by atoms with Crippen molar-refractivity contribution in [2.24, 2.45) is 0 Å². The Hall–Kier alpha value is -2.05. The summed E-state index contributed by atoms with van der Waals surface area (Å²) >= 11 is 5.88. The minimum atomic E-state index is -0.408. The van der Waals surface area contributed by atoms with Gasteiger partial charge in [-0.1, -0.05) is 23.7 Å². The zero-order chi connectivity index (χ0) is 16.8. The first-order valence-corrected chi connectivity index (χ1v) is 7.74. The Morgan fingerprint density at radius 1 is 1.30 bits per heavy atom. The first-order valence-electron chi connectivity index (χ1n) is 7.36. The summed E-state index contributed by atoms with van der Waals surface area (Å²) in [4.78, 5) is 25.5. The second kappa shape index (κ2) is 7.99. The van der Waals surface area contributed by atoms with E-state index in [0.717, 1.165) is 5.56 Å². The number of amides is 2. The maximum absolute atomic E-state index is 12.0. The fourth-order valence-corrected chi connectivity index (χ4v) is 2.43. The number of benzene rings is 1. The van der Waals surface area contributed by atoms with Crippen LogP contribution < -0.4 is 10.6 Å². The van der Waals surface area contributed by atoms with E-state index in [4.69, 9.17) is 16.3 Å². The molecule has 0 radical (unpaired) electrons. The molecule has 0 saturated carbocycles. The number of likely N-dealkylation sites (N-methyl/N-ethyl adjacent to an activating group) is 1. The van der Waals surface area contributed by atoms with Gasteiger partial charge in [-0.25, -0.2) is 9.59 Å². The van der Waals surface area contributed by atoms with Crippen LogP contribution in [0.5, 0.6) is 0 Å². The average Bonchev–Trinajstić information content (AvgIpc) is 2.50. The van der Waals surface area contributed by atoms with Gasteiger partial charge in [0.05, 0.1) is 18.7 Å². The molecule has 0 aromatic heterocycles. The largest absolute Gasteiger partial charge is 0.463 e. The Labute approximate surface area is 140 Å². The third-order valence-corrected chi connectivity index (χ3v) is 3.62. The smallest absolute Gasteiger partial charge is 0.337 e. The molecule has 2 rings (SSSR count). The Morgan fingerprint density at radius 3 is 2.65 bits per heavy atom. The summed E-state index contributed by atoms with van der Waals surface area (Å²) in [5.74, 6) is -0.408. The van der Waals surface area contributed by atoms with Crippen LogP contribution in [-0.2, 0) is 16.1 Å². The number of carbonyl (C=O) groups is 2. The molecule has 1 heterocycles. The van der Waals surface area contributed by atoms with Crippen LogP contribution in [0.1, 0.15) is 12.5 Å². The molecule has 2 amide bonds. The van der Waals surface area contributed by atoms with Crippen molar-refractivity contribution in [2.75, 3.05) is 26.7 Å². The summed E-state index contributed by atoms with van der Waals surface area (Å²) < 4.78 is 5.04. The predicted octanol–water partition coefficient (Wildman–Crippen LogP) is 1.90. The van der Waals surface area contributed by atoms with E-state index in [1.54, 1.807) is 6.92 Å². The van der Waals surface area contributed by atoms with Crippen LogP contribution in [0.2, 0.25) is 5.02 Å². The minimum absolute atomic E-state index is 0.175. The number of nitrogens with one attached hydrogen (secondary N) is 2. The van der Waals surface area contributed by atoms with Crippen LogP contribution in [0.25, 0.3) is 0 Å². The summed E-state index contributed by atoms with van der Waals surface area (Å²) in [5, 5.41) is 5.98. The standard InChI is InChI=1S/C16H20ClN3O3/c1-3-23-15(21)13-8-18-16(22)19-14(13)10-20(2)9-11-4-6-12(17)7-5-11/h4-7H,3,8-10H2,1-2H3,(H2,18,19,22). The van der Waals surface area contributed by atoms with Gasteiger partial charge in [0.25, 0.3) is 0 Å². The van der Waals surface area contributed by atoms with E-state index >= 15 is 0 Å². The molecule has 1 aromatic rings. The number of hydrogen-bond donors (Lipinski definition) is 2. The van der Waals surface area contributed by atoms with Gasteiger partial charge in [-0.2, -0.15) is 0 Å². The van der Waals surface area contributed by atoms with E-state index in [0.29, 0.717) is 36.0 Å². The van der Waals surface area contributed by atoms with Crippen molar-refractivity contribution in [3.8, 4) is 0 Å². The van der Waals surface area contributed by atoms with Gasteiger partial charge in [-0.3, -0.25) is 4.90 Å². The molecule has 0 bridgehead atoms. The fourth-order valence-electron chi connectivity index (χ4n) is 2.31. The number of ether oxygens (including phenoxy) is 1. The molecule has 0 spiro atoms. The maximum Gasteiger partial charge on any atom is 0.337 e. The van der Waals surface area contributed by atoms with Crippen molar-refractivity contribution >= 4 is 23.6 Å². The second-order valence-electron chi connectivity index (χ2n) is 5.28. The van der Waals surface area contributed by atoms with Gasteiger partial charge in [0.1, 0.15) is 0 Å². The number of urea groups is 1. The number of carbonyl (C=O) groups excluding carboxylic acids is 2. The van der Waals surface area contributed by atoms with E-state index in [1.807, 2.05) is 36.2 Å². The summed E-state index contributed by atoms with van der Waals surface area (Å²) in [6, 6.07) is 7.25. The molecule has 2 N–H and O–H groups in total. The summed E-state index contributed by atoms with van der Waals surface area (Å²) in [5.41, 5.74) is 2.12. The van der Waals surface area contributed by atoms with Gasteiger partial charge < -0.3 is 15.4 Å². The van der Waals surface area contributed by atoms with E-state index in [-0.39, 0.29) is 12.6 Å². The molecule has 0 saturated heterocycles. The molecule has 1 aromatic carbocycles. The molecule has 1 aliphatic rings. The molecular weight excluding hydrogens is 318 g/mol. The van der Waals surface area contributed by atoms with Crippen LogP contribution in [-0.4, -0.2) is 43.6 Å². The monoisotopic (exact) mass is 337 g/mol. The second-order valence-corrected chi connectivity index (χ2v) is 5.72. The Bertz CT molecular complexity index is 614. The lowest BCUT2D eigenvalue weighted by Gasteiger charge is -2.25. The zero-order valence-corrected chi connectivity index (χ0v) is 13.9. The molecule has 0 aliphatic carbocycles. The molecule has 7 heteroatoms. The Kier molecular flexibility index (Phi) is 6.01. The minimum Gasteiger partial charge on any atom is -0.463 e. The summed E-state index contributed by atoms with van der Waals surface area (Å²) in [6.45, 7) is 3.32. The Morgan fingerprint density at radius 2 is 2.00 bits per heavy atom. The first kappa shape index (κ1) is 17.3. The molecule has 0 fully saturated rings. The molecule has 6 nitrogen and oxygen atoms in total. The van der Waals surface area contributed by atoms with Crippen molar-refractivity contribution in [2.45, 2.75) is 13.5 Å². The SMILES string of the molecule is CCOC(=O)C1=C(CN(C)Cc2ccc(Cl)cc2)NC(=O)NC1. The molecule has 0 unspecified atom stereocenters. The van der Waals surface area contributed by atoms with Gasteiger partial charge >= 0.3 is 12.0 Å². The van der Waals surface area contributed by atoms with Crippen molar-refractivity contribution < 1.29 is 14.3 Å². The van der Waals surface area contributed by atoms with Crippen molar-refractivity contribution in [3.63, 3.8) is 0 Å². The highest BCUT2D eigenvalue weighted by atomic mass is 35.5. The lowest BCUT2D eigenvalue weighted by molar-refractivity contribution is -0.138. The summed E-state index contributed by atoms with van der Waals surface area (Å²) in [7, 11) is 1.92. The quantitative estimate of drug-likeness (QED) is 0.778. The number of hydrogen-bond acceptors (Lipinski definition) is 4. The average molecular weight is 338 g/mol. The molecular formula is C16H20ClN3O3.